The molecule has 0 aromatic heterocycles. The summed E-state index contributed by atoms with van der Waals surface area (Å²) in [4.78, 5) is 0. The van der Waals surface area contributed by atoms with Gasteiger partial charge in [0.2, 0.25) is 10.0 Å². The first kappa shape index (κ1) is 14.7. The Morgan fingerprint density at radius 2 is 1.82 bits per heavy atom. The van der Waals surface area contributed by atoms with E-state index in [9.17, 15) is 8.42 Å². The van der Waals surface area contributed by atoms with Crippen LogP contribution < -0.4 is 4.72 Å². The van der Waals surface area contributed by atoms with Crippen LogP contribution in [0.3, 0.4) is 0 Å². The molecule has 5 heteroatoms. The third-order valence-electron chi connectivity index (χ3n) is 2.37. The molecule has 3 nitrogen and oxygen atoms in total. The molecule has 0 radical (unpaired) electrons. The van der Waals surface area contributed by atoms with Gasteiger partial charge in [-0.2, -0.15) is 0 Å². The average molecular weight is 320 g/mol. The summed E-state index contributed by atoms with van der Waals surface area (Å²) in [5, 5.41) is 0. The summed E-state index contributed by atoms with van der Waals surface area (Å²) in [5.74, 6) is 0.598. The van der Waals surface area contributed by atoms with Crippen LogP contribution in [0.1, 0.15) is 25.8 Å². The molecule has 0 atom stereocenters. The minimum atomic E-state index is -3.15. The molecule has 0 bridgehead atoms. The number of hydrogen-bond donors (Lipinski definition) is 1. The third kappa shape index (κ3) is 6.19. The minimum absolute atomic E-state index is 0.196. The predicted octanol–water partition coefficient (Wildman–Crippen LogP) is 2.91. The van der Waals surface area contributed by atoms with Crippen LogP contribution in [0.4, 0.5) is 0 Å². The summed E-state index contributed by atoms with van der Waals surface area (Å²) in [7, 11) is -3.15. The Kier molecular flexibility index (Phi) is 5.62. The number of hydrogen-bond acceptors (Lipinski definition) is 2. The van der Waals surface area contributed by atoms with Crippen molar-refractivity contribution < 1.29 is 8.42 Å². The highest BCUT2D eigenvalue weighted by molar-refractivity contribution is 9.10. The SMILES string of the molecule is CC(C)CCS(=O)(=O)NCc1ccc(Br)cc1. The van der Waals surface area contributed by atoms with Crippen molar-refractivity contribution in [1.82, 2.24) is 4.72 Å². The van der Waals surface area contributed by atoms with E-state index < -0.39 is 10.0 Å². The molecule has 17 heavy (non-hydrogen) atoms. The lowest BCUT2D eigenvalue weighted by atomic mass is 10.2. The molecule has 1 rings (SSSR count). The Bertz CT molecular complexity index is 440. The van der Waals surface area contributed by atoms with Crippen LogP contribution in [0.25, 0.3) is 0 Å². The van der Waals surface area contributed by atoms with Crippen LogP contribution in [-0.2, 0) is 16.6 Å². The molecule has 0 saturated heterocycles. The van der Waals surface area contributed by atoms with E-state index in [2.05, 4.69) is 20.7 Å². The highest BCUT2D eigenvalue weighted by Crippen LogP contribution is 2.10. The maximum Gasteiger partial charge on any atom is 0.211 e. The van der Waals surface area contributed by atoms with Gasteiger partial charge in [0.15, 0.2) is 0 Å². The van der Waals surface area contributed by atoms with Crippen LogP contribution in [0.2, 0.25) is 0 Å². The maximum atomic E-state index is 11.7. The molecule has 0 saturated carbocycles. The van der Waals surface area contributed by atoms with Gasteiger partial charge < -0.3 is 0 Å². The lowest BCUT2D eigenvalue weighted by Crippen LogP contribution is -2.26. The van der Waals surface area contributed by atoms with Gasteiger partial charge in [0.1, 0.15) is 0 Å². The highest BCUT2D eigenvalue weighted by atomic mass is 79.9. The van der Waals surface area contributed by atoms with E-state index in [0.717, 1.165) is 10.0 Å². The standard InChI is InChI=1S/C12H18BrNO2S/c1-10(2)7-8-17(15,16)14-9-11-3-5-12(13)6-4-11/h3-6,10,14H,7-9H2,1-2H3. The van der Waals surface area contributed by atoms with Crippen molar-refractivity contribution in [2.45, 2.75) is 26.8 Å². The molecule has 0 aliphatic carbocycles. The average Bonchev–Trinajstić information content (AvgIpc) is 2.26. The Labute approximate surface area is 112 Å². The third-order valence-corrected chi connectivity index (χ3v) is 4.26. The fraction of sp³-hybridized carbons (Fsp3) is 0.500. The molecule has 0 heterocycles. The summed E-state index contributed by atoms with van der Waals surface area (Å²) in [6.45, 7) is 4.39. The molecule has 0 spiro atoms. The van der Waals surface area contributed by atoms with E-state index in [-0.39, 0.29) is 5.75 Å². The van der Waals surface area contributed by atoms with E-state index in [4.69, 9.17) is 0 Å². The first-order valence-electron chi connectivity index (χ1n) is 5.61. The summed E-state index contributed by atoms with van der Waals surface area (Å²) in [5.41, 5.74) is 0.960. The molecular weight excluding hydrogens is 302 g/mol. The second-order valence-electron chi connectivity index (χ2n) is 4.45. The second-order valence-corrected chi connectivity index (χ2v) is 7.29. The molecule has 0 amide bonds. The quantitative estimate of drug-likeness (QED) is 0.876. The van der Waals surface area contributed by atoms with Gasteiger partial charge in [0, 0.05) is 11.0 Å². The molecule has 1 aromatic carbocycles. The Balaban J connectivity index is 2.47. The van der Waals surface area contributed by atoms with Crippen molar-refractivity contribution >= 4 is 26.0 Å². The first-order chi connectivity index (χ1) is 7.89. The number of sulfonamides is 1. The maximum absolute atomic E-state index is 11.7. The zero-order chi connectivity index (χ0) is 12.9. The van der Waals surface area contributed by atoms with Crippen LogP contribution in [0.5, 0.6) is 0 Å². The lowest BCUT2D eigenvalue weighted by Gasteiger charge is -2.08. The van der Waals surface area contributed by atoms with E-state index in [0.29, 0.717) is 18.9 Å². The van der Waals surface area contributed by atoms with Gasteiger partial charge in [-0.1, -0.05) is 41.9 Å². The highest BCUT2D eigenvalue weighted by Gasteiger charge is 2.10. The van der Waals surface area contributed by atoms with Gasteiger partial charge in [-0.3, -0.25) is 0 Å². The van der Waals surface area contributed by atoms with Gasteiger partial charge in [0.25, 0.3) is 0 Å². The monoisotopic (exact) mass is 319 g/mol. The number of halogens is 1. The molecule has 1 N–H and O–H groups in total. The van der Waals surface area contributed by atoms with E-state index >= 15 is 0 Å². The van der Waals surface area contributed by atoms with Gasteiger partial charge in [-0.25, -0.2) is 13.1 Å². The Hall–Kier alpha value is -0.390. The topological polar surface area (TPSA) is 46.2 Å². The minimum Gasteiger partial charge on any atom is -0.212 e. The fourth-order valence-electron chi connectivity index (χ4n) is 1.26. The summed E-state index contributed by atoms with van der Waals surface area (Å²) < 4.78 is 26.9. The summed E-state index contributed by atoms with van der Waals surface area (Å²) >= 11 is 3.34. The predicted molar refractivity (Wildman–Crippen MR) is 74.2 cm³/mol. The van der Waals surface area contributed by atoms with Crippen LogP contribution in [0, 0.1) is 5.92 Å². The lowest BCUT2D eigenvalue weighted by molar-refractivity contribution is 0.561. The number of nitrogens with one attached hydrogen (secondary N) is 1. The van der Waals surface area contributed by atoms with E-state index in [1.165, 1.54) is 0 Å². The Morgan fingerprint density at radius 1 is 1.24 bits per heavy atom. The van der Waals surface area contributed by atoms with E-state index in [1.54, 1.807) is 0 Å². The smallest absolute Gasteiger partial charge is 0.211 e. The van der Waals surface area contributed by atoms with Crippen LogP contribution in [-0.4, -0.2) is 14.2 Å². The van der Waals surface area contributed by atoms with Gasteiger partial charge >= 0.3 is 0 Å². The molecular formula is C12H18BrNO2S. The van der Waals surface area contributed by atoms with Crippen molar-refractivity contribution in [2.75, 3.05) is 5.75 Å². The molecule has 1 aromatic rings. The van der Waals surface area contributed by atoms with Crippen molar-refractivity contribution in [3.63, 3.8) is 0 Å². The largest absolute Gasteiger partial charge is 0.212 e. The molecule has 0 aliphatic rings. The van der Waals surface area contributed by atoms with Crippen molar-refractivity contribution in [1.29, 1.82) is 0 Å². The van der Waals surface area contributed by atoms with Crippen molar-refractivity contribution in [3.8, 4) is 0 Å². The van der Waals surface area contributed by atoms with Gasteiger partial charge in [0.05, 0.1) is 5.75 Å². The molecule has 0 fully saturated rings. The second kappa shape index (κ2) is 6.52. The number of benzene rings is 1. The fourth-order valence-corrected chi connectivity index (χ4v) is 2.84. The zero-order valence-electron chi connectivity index (χ0n) is 10.1. The molecule has 96 valence electrons. The summed E-state index contributed by atoms with van der Waals surface area (Å²) in [6.07, 6.45) is 0.690. The van der Waals surface area contributed by atoms with Crippen LogP contribution >= 0.6 is 15.9 Å². The first-order valence-corrected chi connectivity index (χ1v) is 8.05. The van der Waals surface area contributed by atoms with Gasteiger partial charge in [-0.05, 0) is 30.0 Å². The summed E-state index contributed by atoms with van der Waals surface area (Å²) in [6, 6.07) is 7.60. The molecule has 0 unspecified atom stereocenters. The van der Waals surface area contributed by atoms with E-state index in [1.807, 2.05) is 38.1 Å². The normalized spacial score (nSPS) is 12.0. The van der Waals surface area contributed by atoms with Gasteiger partial charge in [-0.15, -0.1) is 0 Å². The molecule has 0 aliphatic heterocycles. The number of rotatable bonds is 6. The Morgan fingerprint density at radius 3 is 2.35 bits per heavy atom. The zero-order valence-corrected chi connectivity index (χ0v) is 12.5. The van der Waals surface area contributed by atoms with Crippen molar-refractivity contribution in [2.24, 2.45) is 5.92 Å². The van der Waals surface area contributed by atoms with Crippen LogP contribution in [0.15, 0.2) is 28.7 Å². The van der Waals surface area contributed by atoms with Crippen molar-refractivity contribution in [3.05, 3.63) is 34.3 Å².